The van der Waals surface area contributed by atoms with E-state index in [2.05, 4.69) is 112 Å². The zero-order valence-corrected chi connectivity index (χ0v) is 19.5. The van der Waals surface area contributed by atoms with E-state index < -0.39 is 8.07 Å². The van der Waals surface area contributed by atoms with Crippen LogP contribution < -0.4 is 5.19 Å². The van der Waals surface area contributed by atoms with E-state index in [0.717, 1.165) is 11.3 Å². The molecule has 0 saturated heterocycles. The van der Waals surface area contributed by atoms with Crippen LogP contribution in [0.5, 0.6) is 0 Å². The van der Waals surface area contributed by atoms with Gasteiger partial charge in [-0.15, -0.1) is 0 Å². The van der Waals surface area contributed by atoms with Crippen LogP contribution in [-0.4, -0.2) is 13.1 Å². The fourth-order valence-electron chi connectivity index (χ4n) is 3.92. The van der Waals surface area contributed by atoms with Gasteiger partial charge in [-0.3, -0.25) is 4.98 Å². The largest absolute Gasteiger partial charge is 0.256 e. The number of aromatic nitrogens is 1. The second-order valence-corrected chi connectivity index (χ2v) is 14.2. The molecule has 0 aliphatic carbocycles. The lowest BCUT2D eigenvalue weighted by Crippen LogP contribution is -2.37. The molecule has 0 unspecified atom stereocenters. The van der Waals surface area contributed by atoms with Crippen molar-refractivity contribution in [2.24, 2.45) is 0 Å². The van der Waals surface area contributed by atoms with E-state index in [4.69, 9.17) is 4.98 Å². The van der Waals surface area contributed by atoms with Crippen LogP contribution in [0.2, 0.25) is 19.6 Å². The second kappa shape index (κ2) is 8.04. The third kappa shape index (κ3) is 4.15. The molecule has 0 fully saturated rings. The number of nitrogens with zero attached hydrogens (tertiary/aromatic N) is 1. The minimum absolute atomic E-state index is 1.02. The van der Waals surface area contributed by atoms with E-state index in [1.807, 2.05) is 6.20 Å². The number of benzene rings is 3. The van der Waals surface area contributed by atoms with Crippen molar-refractivity contribution >= 4 is 13.3 Å². The van der Waals surface area contributed by atoms with Crippen molar-refractivity contribution in [1.29, 1.82) is 0 Å². The van der Waals surface area contributed by atoms with Crippen LogP contribution in [-0.2, 0) is 0 Å². The van der Waals surface area contributed by atoms with Crippen molar-refractivity contribution in [3.8, 4) is 33.5 Å². The normalized spacial score (nSPS) is 11.5. The van der Waals surface area contributed by atoms with E-state index in [1.54, 1.807) is 0 Å². The molecule has 1 heterocycles. The predicted octanol–water partition coefficient (Wildman–Crippen LogP) is 7.24. The summed E-state index contributed by atoms with van der Waals surface area (Å²) in [5.74, 6) is 0. The molecule has 0 bridgehead atoms. The molecule has 0 amide bonds. The monoisotopic (exact) mass is 407 g/mol. The minimum atomic E-state index is -1.30. The van der Waals surface area contributed by atoms with Crippen molar-refractivity contribution < 1.29 is 0 Å². The van der Waals surface area contributed by atoms with Crippen LogP contribution in [0.1, 0.15) is 11.1 Å². The molecule has 2 heteroatoms. The predicted molar refractivity (Wildman–Crippen MR) is 133 cm³/mol. The Morgan fingerprint density at radius 2 is 1.27 bits per heavy atom. The number of rotatable bonds is 4. The molecule has 1 nitrogen and oxygen atoms in total. The van der Waals surface area contributed by atoms with Gasteiger partial charge in [-0.25, -0.2) is 0 Å². The molecule has 1 aromatic heterocycles. The Hall–Kier alpha value is -2.97. The number of hydrogen-bond acceptors (Lipinski definition) is 1. The minimum Gasteiger partial charge on any atom is -0.256 e. The van der Waals surface area contributed by atoms with Crippen LogP contribution in [0.25, 0.3) is 33.5 Å². The Kier molecular flexibility index (Phi) is 5.44. The molecule has 3 aromatic carbocycles. The van der Waals surface area contributed by atoms with Gasteiger partial charge in [-0.1, -0.05) is 91.6 Å². The summed E-state index contributed by atoms with van der Waals surface area (Å²) in [6.07, 6.45) is 2.04. The van der Waals surface area contributed by atoms with Crippen LogP contribution in [0, 0.1) is 13.8 Å². The van der Waals surface area contributed by atoms with E-state index in [0.29, 0.717) is 0 Å². The standard InChI is InChI=1S/C28H29NSi/c1-20-16-25(30(3,4)5)14-15-26(20)27-19-29-28(17-21(27)2)24-13-9-12-23(18-24)22-10-7-6-8-11-22/h6-19H,1-5H3. The van der Waals surface area contributed by atoms with Crippen LogP contribution >= 0.6 is 0 Å². The number of aryl methyl sites for hydroxylation is 2. The molecule has 0 aliphatic rings. The molecule has 0 spiro atoms. The van der Waals surface area contributed by atoms with Crippen molar-refractivity contribution in [1.82, 2.24) is 4.98 Å². The lowest BCUT2D eigenvalue weighted by Gasteiger charge is -2.19. The first-order valence-corrected chi connectivity index (χ1v) is 14.1. The maximum atomic E-state index is 4.84. The Morgan fingerprint density at radius 1 is 0.600 bits per heavy atom. The summed E-state index contributed by atoms with van der Waals surface area (Å²) >= 11 is 0. The number of pyridine rings is 1. The first kappa shape index (κ1) is 20.3. The molecule has 0 N–H and O–H groups in total. The van der Waals surface area contributed by atoms with E-state index in [1.165, 1.54) is 38.6 Å². The highest BCUT2D eigenvalue weighted by atomic mass is 28.3. The molecule has 30 heavy (non-hydrogen) atoms. The lowest BCUT2D eigenvalue weighted by atomic mass is 9.96. The first-order valence-electron chi connectivity index (χ1n) is 10.6. The van der Waals surface area contributed by atoms with Crippen molar-refractivity contribution in [2.75, 3.05) is 0 Å². The summed E-state index contributed by atoms with van der Waals surface area (Å²) in [5, 5.41) is 1.50. The van der Waals surface area contributed by atoms with Gasteiger partial charge in [0.2, 0.25) is 0 Å². The topological polar surface area (TPSA) is 12.9 Å². The zero-order valence-electron chi connectivity index (χ0n) is 18.5. The fraction of sp³-hybridized carbons (Fsp3) is 0.179. The van der Waals surface area contributed by atoms with Gasteiger partial charge < -0.3 is 0 Å². The zero-order chi connectivity index (χ0) is 21.3. The molecule has 0 radical (unpaired) electrons. The third-order valence-corrected chi connectivity index (χ3v) is 7.80. The van der Waals surface area contributed by atoms with Gasteiger partial charge in [-0.2, -0.15) is 0 Å². The van der Waals surface area contributed by atoms with Gasteiger partial charge in [0.05, 0.1) is 13.8 Å². The second-order valence-electron chi connectivity index (χ2n) is 9.11. The van der Waals surface area contributed by atoms with Crippen molar-refractivity contribution in [2.45, 2.75) is 33.5 Å². The molecular formula is C28H29NSi. The van der Waals surface area contributed by atoms with E-state index >= 15 is 0 Å². The van der Waals surface area contributed by atoms with Crippen LogP contribution in [0.4, 0.5) is 0 Å². The summed E-state index contributed by atoms with van der Waals surface area (Å²) in [6, 6.07) is 28.3. The Bertz CT molecular complexity index is 1190. The highest BCUT2D eigenvalue weighted by Crippen LogP contribution is 2.30. The summed E-state index contributed by atoms with van der Waals surface area (Å²) < 4.78 is 0. The lowest BCUT2D eigenvalue weighted by molar-refractivity contribution is 1.28. The van der Waals surface area contributed by atoms with Gasteiger partial charge in [0.15, 0.2) is 0 Å². The van der Waals surface area contributed by atoms with Gasteiger partial charge in [0, 0.05) is 17.3 Å². The SMILES string of the molecule is Cc1cc([Si](C)(C)C)ccc1-c1cnc(-c2cccc(-c3ccccc3)c2)cc1C. The molecule has 0 saturated carbocycles. The first-order chi connectivity index (χ1) is 14.3. The third-order valence-electron chi connectivity index (χ3n) is 5.76. The summed E-state index contributed by atoms with van der Waals surface area (Å²) in [7, 11) is -1.30. The highest BCUT2D eigenvalue weighted by molar-refractivity contribution is 6.88. The Labute approximate surface area is 181 Å². The van der Waals surface area contributed by atoms with Gasteiger partial charge in [0.1, 0.15) is 0 Å². The summed E-state index contributed by atoms with van der Waals surface area (Å²) in [6.45, 7) is 11.6. The molecule has 150 valence electrons. The Balaban J connectivity index is 1.70. The van der Waals surface area contributed by atoms with Crippen LogP contribution in [0.15, 0.2) is 85.1 Å². The molecule has 0 atom stereocenters. The van der Waals surface area contributed by atoms with E-state index in [9.17, 15) is 0 Å². The smallest absolute Gasteiger partial charge is 0.0776 e. The van der Waals surface area contributed by atoms with Crippen molar-refractivity contribution in [3.63, 3.8) is 0 Å². The fourth-order valence-corrected chi connectivity index (χ4v) is 5.15. The molecular weight excluding hydrogens is 378 g/mol. The summed E-state index contributed by atoms with van der Waals surface area (Å²) in [5.41, 5.74) is 9.71. The Morgan fingerprint density at radius 3 is 1.93 bits per heavy atom. The van der Waals surface area contributed by atoms with Crippen LogP contribution in [0.3, 0.4) is 0 Å². The van der Waals surface area contributed by atoms with Crippen molar-refractivity contribution in [3.05, 3.63) is 96.2 Å². The highest BCUT2D eigenvalue weighted by Gasteiger charge is 2.18. The molecule has 4 rings (SSSR count). The molecule has 4 aromatic rings. The maximum Gasteiger partial charge on any atom is 0.0776 e. The average Bonchev–Trinajstić information content (AvgIpc) is 2.74. The average molecular weight is 408 g/mol. The van der Waals surface area contributed by atoms with Gasteiger partial charge in [0.25, 0.3) is 0 Å². The quantitative estimate of drug-likeness (QED) is 0.325. The maximum absolute atomic E-state index is 4.84. The summed E-state index contributed by atoms with van der Waals surface area (Å²) in [4.78, 5) is 4.84. The van der Waals surface area contributed by atoms with Gasteiger partial charge in [-0.05, 0) is 53.8 Å². The van der Waals surface area contributed by atoms with Gasteiger partial charge >= 0.3 is 0 Å². The number of hydrogen-bond donors (Lipinski definition) is 0. The van der Waals surface area contributed by atoms with E-state index in [-0.39, 0.29) is 0 Å². The molecule has 0 aliphatic heterocycles.